The third kappa shape index (κ3) is 1.73. The van der Waals surface area contributed by atoms with Crippen LogP contribution in [-0.2, 0) is 0 Å². The Morgan fingerprint density at radius 2 is 2.11 bits per heavy atom. The van der Waals surface area contributed by atoms with E-state index in [9.17, 15) is 0 Å². The SMILES string of the molecule is CC1(C)C(Nc2cccc(Cl)n2)[C@]2(C)CC[C@H]1C2. The molecule has 2 aliphatic rings. The molecule has 0 aliphatic heterocycles. The molecule has 2 bridgehead atoms. The first-order valence-electron chi connectivity index (χ1n) is 6.81. The quantitative estimate of drug-likeness (QED) is 0.803. The van der Waals surface area contributed by atoms with E-state index in [2.05, 4.69) is 31.1 Å². The number of pyridine rings is 1. The number of hydrogen-bond donors (Lipinski definition) is 1. The lowest BCUT2D eigenvalue weighted by atomic mass is 9.68. The van der Waals surface area contributed by atoms with Gasteiger partial charge < -0.3 is 5.32 Å². The molecule has 2 aliphatic carbocycles. The topological polar surface area (TPSA) is 24.9 Å². The Hall–Kier alpha value is -0.760. The highest BCUT2D eigenvalue weighted by Crippen LogP contribution is 2.63. The van der Waals surface area contributed by atoms with Crippen molar-refractivity contribution in [3.05, 3.63) is 23.4 Å². The predicted octanol–water partition coefficient (Wildman–Crippen LogP) is 4.36. The molecular weight excluding hydrogens is 244 g/mol. The molecule has 0 spiro atoms. The Labute approximate surface area is 114 Å². The van der Waals surface area contributed by atoms with Crippen molar-refractivity contribution < 1.29 is 0 Å². The van der Waals surface area contributed by atoms with Gasteiger partial charge in [0.1, 0.15) is 11.0 Å². The van der Waals surface area contributed by atoms with Gasteiger partial charge in [0.05, 0.1) is 0 Å². The summed E-state index contributed by atoms with van der Waals surface area (Å²) in [7, 11) is 0. The van der Waals surface area contributed by atoms with Crippen molar-refractivity contribution in [3.63, 3.8) is 0 Å². The van der Waals surface area contributed by atoms with E-state index in [1.165, 1.54) is 19.3 Å². The monoisotopic (exact) mass is 264 g/mol. The summed E-state index contributed by atoms with van der Waals surface area (Å²) >= 11 is 5.96. The van der Waals surface area contributed by atoms with E-state index >= 15 is 0 Å². The maximum absolute atomic E-state index is 5.96. The van der Waals surface area contributed by atoms with Gasteiger partial charge in [0.2, 0.25) is 0 Å². The number of hydrogen-bond acceptors (Lipinski definition) is 2. The van der Waals surface area contributed by atoms with Gasteiger partial charge in [0.25, 0.3) is 0 Å². The molecule has 3 heteroatoms. The second kappa shape index (κ2) is 3.86. The normalized spacial score (nSPS) is 36.9. The number of fused-ring (bicyclic) bond motifs is 2. The van der Waals surface area contributed by atoms with Crippen LogP contribution in [0.25, 0.3) is 0 Å². The number of nitrogens with zero attached hydrogens (tertiary/aromatic N) is 1. The molecule has 0 saturated heterocycles. The second-order valence-corrected chi connectivity index (χ2v) is 7.23. The maximum Gasteiger partial charge on any atom is 0.131 e. The van der Waals surface area contributed by atoms with E-state index in [1.807, 2.05) is 18.2 Å². The molecule has 1 N–H and O–H groups in total. The minimum atomic E-state index is 0.344. The summed E-state index contributed by atoms with van der Waals surface area (Å²) in [5.74, 6) is 1.76. The molecule has 0 amide bonds. The Kier molecular flexibility index (Phi) is 2.64. The summed E-state index contributed by atoms with van der Waals surface area (Å²) in [5.41, 5.74) is 0.759. The molecule has 2 fully saturated rings. The molecule has 3 atom stereocenters. The summed E-state index contributed by atoms with van der Waals surface area (Å²) in [5, 5.41) is 4.21. The second-order valence-electron chi connectivity index (χ2n) is 6.84. The third-order valence-corrected chi connectivity index (χ3v) is 5.49. The molecule has 18 heavy (non-hydrogen) atoms. The van der Waals surface area contributed by atoms with Crippen LogP contribution in [0.4, 0.5) is 5.82 Å². The highest BCUT2D eigenvalue weighted by molar-refractivity contribution is 6.29. The maximum atomic E-state index is 5.96. The van der Waals surface area contributed by atoms with E-state index in [-0.39, 0.29) is 0 Å². The lowest BCUT2D eigenvalue weighted by molar-refractivity contribution is 0.155. The van der Waals surface area contributed by atoms with E-state index in [1.54, 1.807) is 0 Å². The molecule has 1 aromatic heterocycles. The zero-order chi connectivity index (χ0) is 13.0. The van der Waals surface area contributed by atoms with Crippen LogP contribution in [-0.4, -0.2) is 11.0 Å². The van der Waals surface area contributed by atoms with Crippen molar-refractivity contribution in [3.8, 4) is 0 Å². The van der Waals surface area contributed by atoms with Crippen molar-refractivity contribution in [2.24, 2.45) is 16.7 Å². The average Bonchev–Trinajstić information content (AvgIpc) is 2.76. The minimum Gasteiger partial charge on any atom is -0.366 e. The summed E-state index contributed by atoms with van der Waals surface area (Å²) in [4.78, 5) is 4.37. The molecule has 1 heterocycles. The largest absolute Gasteiger partial charge is 0.366 e. The Morgan fingerprint density at radius 3 is 2.72 bits per heavy atom. The van der Waals surface area contributed by atoms with Crippen molar-refractivity contribution in [1.82, 2.24) is 4.98 Å². The van der Waals surface area contributed by atoms with Crippen LogP contribution in [0.15, 0.2) is 18.2 Å². The smallest absolute Gasteiger partial charge is 0.131 e. The Bertz CT molecular complexity index is 467. The molecule has 98 valence electrons. The van der Waals surface area contributed by atoms with E-state index in [0.717, 1.165) is 11.7 Å². The zero-order valence-corrected chi connectivity index (χ0v) is 12.1. The molecule has 1 aromatic rings. The van der Waals surface area contributed by atoms with Gasteiger partial charge in [0, 0.05) is 6.04 Å². The summed E-state index contributed by atoms with van der Waals surface area (Å²) < 4.78 is 0. The van der Waals surface area contributed by atoms with Gasteiger partial charge in [-0.3, -0.25) is 0 Å². The van der Waals surface area contributed by atoms with Gasteiger partial charge in [-0.2, -0.15) is 0 Å². The lowest BCUT2D eigenvalue weighted by Gasteiger charge is -2.43. The van der Waals surface area contributed by atoms with E-state index in [0.29, 0.717) is 22.0 Å². The van der Waals surface area contributed by atoms with Gasteiger partial charge in [-0.25, -0.2) is 4.98 Å². The highest BCUT2D eigenvalue weighted by Gasteiger charge is 2.59. The lowest BCUT2D eigenvalue weighted by Crippen LogP contribution is -2.45. The summed E-state index contributed by atoms with van der Waals surface area (Å²) in [6.45, 7) is 7.21. The molecule has 2 nitrogen and oxygen atoms in total. The van der Waals surface area contributed by atoms with E-state index in [4.69, 9.17) is 11.6 Å². The van der Waals surface area contributed by atoms with Crippen LogP contribution in [0.2, 0.25) is 5.15 Å². The van der Waals surface area contributed by atoms with Crippen molar-refractivity contribution in [2.45, 2.75) is 46.1 Å². The number of aromatic nitrogens is 1. The Morgan fingerprint density at radius 1 is 1.33 bits per heavy atom. The van der Waals surface area contributed by atoms with Crippen LogP contribution in [0.3, 0.4) is 0 Å². The zero-order valence-electron chi connectivity index (χ0n) is 11.3. The van der Waals surface area contributed by atoms with Gasteiger partial charge in [-0.15, -0.1) is 0 Å². The number of anilines is 1. The molecule has 0 radical (unpaired) electrons. The summed E-state index contributed by atoms with van der Waals surface area (Å²) in [6.07, 6.45) is 4.06. The van der Waals surface area contributed by atoms with E-state index < -0.39 is 0 Å². The highest BCUT2D eigenvalue weighted by atomic mass is 35.5. The van der Waals surface area contributed by atoms with Crippen molar-refractivity contribution in [2.75, 3.05) is 5.32 Å². The fourth-order valence-electron chi connectivity index (χ4n) is 4.30. The van der Waals surface area contributed by atoms with Gasteiger partial charge >= 0.3 is 0 Å². The number of halogens is 1. The standard InChI is InChI=1S/C15H21ClN2/c1-14(2)10-7-8-15(3,9-10)13(14)18-12-6-4-5-11(16)17-12/h4-6,10,13H,7-9H2,1-3H3,(H,17,18)/t10-,13?,15+/m0/s1. The van der Waals surface area contributed by atoms with Crippen LogP contribution in [0.5, 0.6) is 0 Å². The third-order valence-electron chi connectivity index (χ3n) is 5.28. The number of nitrogens with one attached hydrogen (secondary N) is 1. The Balaban J connectivity index is 1.88. The molecule has 0 aromatic carbocycles. The first-order valence-corrected chi connectivity index (χ1v) is 7.19. The van der Waals surface area contributed by atoms with Gasteiger partial charge in [-0.1, -0.05) is 38.4 Å². The molecule has 3 rings (SSSR count). The van der Waals surface area contributed by atoms with Crippen LogP contribution < -0.4 is 5.32 Å². The van der Waals surface area contributed by atoms with Crippen LogP contribution >= 0.6 is 11.6 Å². The van der Waals surface area contributed by atoms with Crippen molar-refractivity contribution >= 4 is 17.4 Å². The van der Waals surface area contributed by atoms with Crippen molar-refractivity contribution in [1.29, 1.82) is 0 Å². The van der Waals surface area contributed by atoms with Gasteiger partial charge in [0.15, 0.2) is 0 Å². The fraction of sp³-hybridized carbons (Fsp3) is 0.667. The summed E-state index contributed by atoms with van der Waals surface area (Å²) in [6, 6.07) is 6.28. The number of rotatable bonds is 2. The molecule has 1 unspecified atom stereocenters. The van der Waals surface area contributed by atoms with Crippen LogP contribution in [0.1, 0.15) is 40.0 Å². The first-order chi connectivity index (χ1) is 8.42. The fourth-order valence-corrected chi connectivity index (χ4v) is 4.46. The minimum absolute atomic E-state index is 0.344. The first kappa shape index (κ1) is 12.3. The molecule has 2 saturated carbocycles. The molecular formula is C15H21ClN2. The van der Waals surface area contributed by atoms with Gasteiger partial charge in [-0.05, 0) is 48.1 Å². The van der Waals surface area contributed by atoms with Crippen LogP contribution in [0, 0.1) is 16.7 Å². The predicted molar refractivity (Wildman–Crippen MR) is 75.9 cm³/mol. The average molecular weight is 265 g/mol.